The molecule has 2 N–H and O–H groups in total. The third-order valence-corrected chi connectivity index (χ3v) is 7.32. The first kappa shape index (κ1) is 31.7. The van der Waals surface area contributed by atoms with Gasteiger partial charge in [0.1, 0.15) is 11.8 Å². The SMILES string of the molecule is CC(C)[C@H](NC(=O)C(NC(=O)C(CC1CCCCC1)Oc1cc(Cl)cc(Cl)c1)c1ccccc1)C(=O)C(F)(F)F. The second-order valence-corrected chi connectivity index (χ2v) is 11.3. The summed E-state index contributed by atoms with van der Waals surface area (Å²) in [5.41, 5.74) is 0.331. The van der Waals surface area contributed by atoms with Crippen LogP contribution in [0.5, 0.6) is 5.75 Å². The molecule has 218 valence electrons. The van der Waals surface area contributed by atoms with E-state index in [1.54, 1.807) is 30.3 Å². The Bertz CT molecular complexity index is 1150. The van der Waals surface area contributed by atoms with E-state index in [0.717, 1.165) is 32.1 Å². The quantitative estimate of drug-likeness (QED) is 0.296. The zero-order chi connectivity index (χ0) is 29.4. The molecule has 1 saturated carbocycles. The zero-order valence-corrected chi connectivity index (χ0v) is 23.8. The summed E-state index contributed by atoms with van der Waals surface area (Å²) in [7, 11) is 0. The number of carbonyl (C=O) groups is 3. The van der Waals surface area contributed by atoms with E-state index in [1.165, 1.54) is 32.0 Å². The Morgan fingerprint density at radius 3 is 2.08 bits per heavy atom. The summed E-state index contributed by atoms with van der Waals surface area (Å²) in [4.78, 5) is 39.1. The van der Waals surface area contributed by atoms with Gasteiger partial charge in [0, 0.05) is 10.0 Å². The summed E-state index contributed by atoms with van der Waals surface area (Å²) in [5, 5.41) is 5.50. The van der Waals surface area contributed by atoms with E-state index >= 15 is 0 Å². The molecule has 3 rings (SSSR count). The second kappa shape index (κ2) is 14.2. The predicted octanol–water partition coefficient (Wildman–Crippen LogP) is 6.84. The molecule has 0 spiro atoms. The molecule has 0 bridgehead atoms. The van der Waals surface area contributed by atoms with E-state index in [1.807, 2.05) is 0 Å². The largest absolute Gasteiger partial charge is 0.480 e. The van der Waals surface area contributed by atoms with Gasteiger partial charge in [-0.15, -0.1) is 0 Å². The number of alkyl halides is 3. The molecule has 0 heterocycles. The monoisotopic (exact) mass is 600 g/mol. The number of carbonyl (C=O) groups excluding carboxylic acids is 3. The molecule has 11 heteroatoms. The van der Waals surface area contributed by atoms with Crippen molar-refractivity contribution in [2.24, 2.45) is 11.8 Å². The number of hydrogen-bond donors (Lipinski definition) is 2. The minimum atomic E-state index is -5.13. The van der Waals surface area contributed by atoms with Crippen LogP contribution in [0.2, 0.25) is 10.0 Å². The van der Waals surface area contributed by atoms with Crippen molar-refractivity contribution >= 4 is 40.8 Å². The van der Waals surface area contributed by atoms with E-state index in [2.05, 4.69) is 10.6 Å². The molecule has 1 fully saturated rings. The molecule has 0 aromatic heterocycles. The molecule has 40 heavy (non-hydrogen) atoms. The first-order valence-electron chi connectivity index (χ1n) is 13.2. The third kappa shape index (κ3) is 9.13. The molecule has 2 aromatic rings. The van der Waals surface area contributed by atoms with Gasteiger partial charge in [-0.05, 0) is 42.0 Å². The van der Waals surface area contributed by atoms with Gasteiger partial charge >= 0.3 is 6.18 Å². The molecule has 2 amide bonds. The Kier molecular flexibility index (Phi) is 11.3. The molecule has 1 aliphatic rings. The molecular weight excluding hydrogens is 568 g/mol. The number of nitrogens with one attached hydrogen (secondary N) is 2. The fourth-order valence-electron chi connectivity index (χ4n) is 4.82. The number of Topliss-reactive ketones (excluding diaryl/α,β-unsaturated/α-hetero) is 1. The number of rotatable bonds is 11. The average Bonchev–Trinajstić information content (AvgIpc) is 2.89. The van der Waals surface area contributed by atoms with Crippen LogP contribution in [0.15, 0.2) is 48.5 Å². The van der Waals surface area contributed by atoms with Crippen molar-refractivity contribution in [3.05, 3.63) is 64.1 Å². The van der Waals surface area contributed by atoms with Crippen molar-refractivity contribution in [2.45, 2.75) is 76.7 Å². The summed E-state index contributed by atoms with van der Waals surface area (Å²) in [6.07, 6.45) is -0.799. The Morgan fingerprint density at radius 2 is 1.52 bits per heavy atom. The van der Waals surface area contributed by atoms with E-state index in [9.17, 15) is 27.6 Å². The van der Waals surface area contributed by atoms with Gasteiger partial charge in [0.05, 0.1) is 6.04 Å². The summed E-state index contributed by atoms with van der Waals surface area (Å²) in [5.74, 6) is -4.01. The summed E-state index contributed by atoms with van der Waals surface area (Å²) in [6.45, 7) is 2.80. The smallest absolute Gasteiger partial charge is 0.452 e. The van der Waals surface area contributed by atoms with Crippen LogP contribution in [0.25, 0.3) is 0 Å². The van der Waals surface area contributed by atoms with Crippen molar-refractivity contribution in [3.63, 3.8) is 0 Å². The highest BCUT2D eigenvalue weighted by Gasteiger charge is 2.45. The topological polar surface area (TPSA) is 84.5 Å². The highest BCUT2D eigenvalue weighted by molar-refractivity contribution is 6.34. The normalized spacial score (nSPS) is 16.6. The molecule has 0 saturated heterocycles. The third-order valence-electron chi connectivity index (χ3n) is 6.89. The maximum absolute atomic E-state index is 13.7. The van der Waals surface area contributed by atoms with Gasteiger partial charge < -0.3 is 15.4 Å². The van der Waals surface area contributed by atoms with Crippen LogP contribution in [-0.4, -0.2) is 35.9 Å². The van der Waals surface area contributed by atoms with E-state index in [0.29, 0.717) is 22.0 Å². The number of hydrogen-bond acceptors (Lipinski definition) is 4. The second-order valence-electron chi connectivity index (χ2n) is 10.4. The van der Waals surface area contributed by atoms with Crippen LogP contribution >= 0.6 is 23.2 Å². The number of ether oxygens (including phenoxy) is 1. The van der Waals surface area contributed by atoms with Crippen LogP contribution < -0.4 is 15.4 Å². The lowest BCUT2D eigenvalue weighted by Gasteiger charge is -2.29. The number of ketones is 1. The fourth-order valence-corrected chi connectivity index (χ4v) is 5.33. The first-order chi connectivity index (χ1) is 18.8. The van der Waals surface area contributed by atoms with Crippen LogP contribution in [0, 0.1) is 11.8 Å². The molecule has 3 atom stereocenters. The van der Waals surface area contributed by atoms with Gasteiger partial charge in [-0.25, -0.2) is 0 Å². The van der Waals surface area contributed by atoms with Gasteiger partial charge in [-0.3, -0.25) is 14.4 Å². The standard InChI is InChI=1S/C29H33Cl2F3N2O4/c1-17(2)24(26(37)29(32,33)34)35-28(39)25(19-11-7-4-8-12-19)36-27(38)23(13-18-9-5-3-6-10-18)40-22-15-20(30)14-21(31)16-22/h4,7-8,11-12,14-18,23-25H,3,5-6,9-10,13H2,1-2H3,(H,35,39)(H,36,38)/t23?,24-,25?/m0/s1. The Hall–Kier alpha value is -2.78. The van der Waals surface area contributed by atoms with Gasteiger partial charge in [-0.1, -0.05) is 99.5 Å². The Balaban J connectivity index is 1.89. The number of benzene rings is 2. The molecular formula is C29H33Cl2F3N2O4. The molecule has 2 aromatic carbocycles. The fraction of sp³-hybridized carbons (Fsp3) is 0.483. The zero-order valence-electron chi connectivity index (χ0n) is 22.3. The molecule has 1 aliphatic carbocycles. The molecule has 6 nitrogen and oxygen atoms in total. The van der Waals surface area contributed by atoms with E-state index < -0.39 is 47.9 Å². The Morgan fingerprint density at radius 1 is 0.925 bits per heavy atom. The maximum atomic E-state index is 13.7. The maximum Gasteiger partial charge on any atom is 0.452 e. The molecule has 0 radical (unpaired) electrons. The molecule has 0 aliphatic heterocycles. The Labute approximate surface area is 241 Å². The highest BCUT2D eigenvalue weighted by Crippen LogP contribution is 2.31. The van der Waals surface area contributed by atoms with Crippen LogP contribution in [-0.2, 0) is 14.4 Å². The van der Waals surface area contributed by atoms with Crippen LogP contribution in [0.3, 0.4) is 0 Å². The van der Waals surface area contributed by atoms with Gasteiger partial charge in [0.25, 0.3) is 11.7 Å². The van der Waals surface area contributed by atoms with Crippen molar-refractivity contribution < 1.29 is 32.3 Å². The van der Waals surface area contributed by atoms with E-state index in [-0.39, 0.29) is 11.7 Å². The minimum absolute atomic E-state index is 0.206. The first-order valence-corrected chi connectivity index (χ1v) is 14.0. The van der Waals surface area contributed by atoms with Crippen molar-refractivity contribution in [1.29, 1.82) is 0 Å². The summed E-state index contributed by atoms with van der Waals surface area (Å²) >= 11 is 12.2. The number of amides is 2. The van der Waals surface area contributed by atoms with Crippen molar-refractivity contribution in [1.82, 2.24) is 10.6 Å². The predicted molar refractivity (Wildman–Crippen MR) is 147 cm³/mol. The lowest BCUT2D eigenvalue weighted by molar-refractivity contribution is -0.175. The summed E-state index contributed by atoms with van der Waals surface area (Å²) < 4.78 is 45.7. The van der Waals surface area contributed by atoms with Crippen molar-refractivity contribution in [3.8, 4) is 5.75 Å². The molecule has 2 unspecified atom stereocenters. The van der Waals surface area contributed by atoms with Crippen molar-refractivity contribution in [2.75, 3.05) is 0 Å². The van der Waals surface area contributed by atoms with E-state index in [4.69, 9.17) is 27.9 Å². The van der Waals surface area contributed by atoms with Gasteiger partial charge in [0.15, 0.2) is 6.10 Å². The van der Waals surface area contributed by atoms with Crippen LogP contribution in [0.4, 0.5) is 13.2 Å². The minimum Gasteiger partial charge on any atom is -0.480 e. The lowest BCUT2D eigenvalue weighted by Crippen LogP contribution is -2.53. The number of halogens is 5. The highest BCUT2D eigenvalue weighted by atomic mass is 35.5. The van der Waals surface area contributed by atoms with Crippen LogP contribution in [0.1, 0.15) is 64.0 Å². The summed E-state index contributed by atoms with van der Waals surface area (Å²) in [6, 6.07) is 9.45. The van der Waals surface area contributed by atoms with Gasteiger partial charge in [0.2, 0.25) is 5.91 Å². The average molecular weight is 601 g/mol. The van der Waals surface area contributed by atoms with Gasteiger partial charge in [-0.2, -0.15) is 13.2 Å². The lowest BCUT2D eigenvalue weighted by atomic mass is 9.85.